The number of carbonyl (C=O) groups excluding carboxylic acids is 7. The number of aliphatic hydroxyl groups excluding tert-OH is 8. The Balaban J connectivity index is 1.75. The topological polar surface area (TPSA) is 394 Å². The van der Waals surface area contributed by atoms with E-state index in [0.29, 0.717) is 43.9 Å². The van der Waals surface area contributed by atoms with Crippen LogP contribution in [0.2, 0.25) is 0 Å². The summed E-state index contributed by atoms with van der Waals surface area (Å²) in [5, 5.41) is 113. The largest absolute Gasteiger partial charge is 0.508 e. The highest BCUT2D eigenvalue weighted by atomic mass is 16.3. The van der Waals surface area contributed by atoms with Gasteiger partial charge in [-0.2, -0.15) is 0 Å². The maximum Gasteiger partial charge on any atom is 0.248 e. The van der Waals surface area contributed by atoms with E-state index < -0.39 is 152 Å². The highest BCUT2D eigenvalue weighted by molar-refractivity contribution is 5.98. The van der Waals surface area contributed by atoms with Crippen LogP contribution in [0.5, 0.6) is 5.75 Å². The Morgan fingerprint density at radius 1 is 0.750 bits per heavy atom. The highest BCUT2D eigenvalue weighted by Gasteiger charge is 2.49. The molecule has 0 radical (unpaired) electrons. The quantitative estimate of drug-likeness (QED) is 0.0494. The number of amides is 6. The molecule has 3 heterocycles. The second-order valence-electron chi connectivity index (χ2n) is 22.6. The Kier molecular flexibility index (Phi) is 28.6. The average Bonchev–Trinajstić information content (AvgIpc) is 4.12. The van der Waals surface area contributed by atoms with Crippen molar-refractivity contribution in [2.24, 2.45) is 23.5 Å². The van der Waals surface area contributed by atoms with E-state index in [1.165, 1.54) is 37.6 Å². The number of carbonyl (C=O) groups is 7. The molecule has 24 nitrogen and oxygen atoms in total. The Morgan fingerprint density at radius 2 is 1.39 bits per heavy atom. The summed E-state index contributed by atoms with van der Waals surface area (Å²) >= 11 is 0. The minimum absolute atomic E-state index is 0.0200. The van der Waals surface area contributed by atoms with Crippen LogP contribution in [-0.4, -0.2) is 203 Å². The third-order valence-electron chi connectivity index (χ3n) is 15.9. The number of rotatable bonds is 26. The lowest BCUT2D eigenvalue weighted by atomic mass is 9.86. The summed E-state index contributed by atoms with van der Waals surface area (Å²) in [5.74, 6) is -7.92. The van der Waals surface area contributed by atoms with Crippen LogP contribution in [0.15, 0.2) is 24.3 Å². The fraction of sp³-hybridized carbons (Fsp3) is 0.768. The van der Waals surface area contributed by atoms with Crippen molar-refractivity contribution in [3.8, 4) is 5.75 Å². The number of benzene rings is 1. The first kappa shape index (κ1) is 67.6. The minimum atomic E-state index is -2.17. The van der Waals surface area contributed by atoms with E-state index >= 15 is 0 Å². The normalized spacial score (nSPS) is 28.1. The van der Waals surface area contributed by atoms with Crippen molar-refractivity contribution in [3.05, 3.63) is 29.8 Å². The molecule has 6 amide bonds. The molecular formula is C56H94N8O16. The van der Waals surface area contributed by atoms with Gasteiger partial charge in [-0.15, -0.1) is 0 Å². The lowest BCUT2D eigenvalue weighted by molar-refractivity contribution is -0.149. The third-order valence-corrected chi connectivity index (χ3v) is 15.9. The fourth-order valence-electron chi connectivity index (χ4n) is 11.0. The second kappa shape index (κ2) is 33.9. The molecule has 1 aromatic carbocycles. The molecular weight excluding hydrogens is 1040 g/mol. The predicted molar refractivity (Wildman–Crippen MR) is 293 cm³/mol. The molecule has 0 spiro atoms. The molecule has 3 saturated heterocycles. The van der Waals surface area contributed by atoms with Gasteiger partial charge >= 0.3 is 0 Å². The van der Waals surface area contributed by atoms with E-state index in [2.05, 4.69) is 47.4 Å². The van der Waals surface area contributed by atoms with Crippen molar-refractivity contribution in [2.75, 3.05) is 32.8 Å². The lowest BCUT2D eigenvalue weighted by Crippen LogP contribution is -2.63. The van der Waals surface area contributed by atoms with Crippen molar-refractivity contribution in [3.63, 3.8) is 0 Å². The van der Waals surface area contributed by atoms with Gasteiger partial charge in [0.25, 0.3) is 0 Å². The van der Waals surface area contributed by atoms with Gasteiger partial charge in [-0.05, 0) is 94.5 Å². The van der Waals surface area contributed by atoms with Gasteiger partial charge in [0, 0.05) is 45.4 Å². The van der Waals surface area contributed by atoms with E-state index in [0.717, 1.165) is 48.3 Å². The number of phenolic OH excluding ortho intramolecular Hbond substituents is 1. The van der Waals surface area contributed by atoms with Crippen LogP contribution in [0.3, 0.4) is 0 Å². The molecule has 24 heteroatoms. The predicted octanol–water partition coefficient (Wildman–Crippen LogP) is -1.02. The molecule has 0 bridgehead atoms. The summed E-state index contributed by atoms with van der Waals surface area (Å²) in [6.07, 6.45) is -6.15. The molecule has 0 aliphatic carbocycles. The number of unbranched alkanes of at least 4 members (excludes halogenated alkanes) is 7. The van der Waals surface area contributed by atoms with E-state index in [4.69, 9.17) is 5.73 Å². The van der Waals surface area contributed by atoms with Gasteiger partial charge < -0.3 is 82.8 Å². The molecule has 454 valence electrons. The summed E-state index contributed by atoms with van der Waals surface area (Å²) in [7, 11) is 0. The molecule has 16 atom stereocenters. The van der Waals surface area contributed by atoms with Gasteiger partial charge in [0.05, 0.1) is 48.6 Å². The van der Waals surface area contributed by atoms with Crippen LogP contribution in [0.1, 0.15) is 155 Å². The van der Waals surface area contributed by atoms with Gasteiger partial charge in [0.15, 0.2) is 5.78 Å². The summed E-state index contributed by atoms with van der Waals surface area (Å²) in [4.78, 5) is 103. The number of fused-ring (bicyclic) bond motifs is 2. The first-order valence-electron chi connectivity index (χ1n) is 29.0. The number of phenols is 1. The van der Waals surface area contributed by atoms with E-state index in [1.54, 1.807) is 0 Å². The number of hydrogen-bond acceptors (Lipinski definition) is 18. The Hall–Kier alpha value is -4.89. The summed E-state index contributed by atoms with van der Waals surface area (Å²) in [5.41, 5.74) is 5.77. The van der Waals surface area contributed by atoms with Crippen molar-refractivity contribution < 1.29 is 79.5 Å². The number of nitrogens with two attached hydrogens (primary N) is 1. The number of hydrogen-bond donors (Lipinski definition) is 15. The molecule has 0 saturated carbocycles. The first-order valence-corrected chi connectivity index (χ1v) is 29.0. The maximum atomic E-state index is 14.7. The highest BCUT2D eigenvalue weighted by Crippen LogP contribution is 2.31. The molecule has 3 fully saturated rings. The molecule has 3 aliphatic rings. The van der Waals surface area contributed by atoms with Gasteiger partial charge in [0.1, 0.15) is 42.2 Å². The van der Waals surface area contributed by atoms with Crippen molar-refractivity contribution in [1.82, 2.24) is 36.4 Å². The zero-order valence-corrected chi connectivity index (χ0v) is 47.2. The second-order valence-corrected chi connectivity index (χ2v) is 22.6. The number of aliphatic hydroxyl groups is 8. The van der Waals surface area contributed by atoms with Gasteiger partial charge in [0.2, 0.25) is 35.4 Å². The van der Waals surface area contributed by atoms with Crippen molar-refractivity contribution >= 4 is 41.2 Å². The minimum Gasteiger partial charge on any atom is -0.508 e. The van der Waals surface area contributed by atoms with Crippen molar-refractivity contribution in [2.45, 2.75) is 222 Å². The van der Waals surface area contributed by atoms with Crippen LogP contribution < -0.4 is 32.3 Å². The van der Waals surface area contributed by atoms with Crippen LogP contribution in [-0.2, 0) is 33.6 Å². The Bertz CT molecular complexity index is 2120. The van der Waals surface area contributed by atoms with Gasteiger partial charge in [-0.25, -0.2) is 0 Å². The SMILES string of the molecule is CCC(C)CC(C)CCCCCCCCC(=O)N[C@H]1C[C@@H](O)C(NCCCCCO)NC(=O)C2[C@@H](O)CCN2C(=O)C([C@H](O)CCN)NC(=O)C([C@H](O)[C@@H](O)c2ccc(O)cc2)CC(=O)C2C[C@@H](O)CN2C(=O)C([C@@H](C)O)NC1=O. The van der Waals surface area contributed by atoms with Gasteiger partial charge in [-0.3, -0.25) is 38.9 Å². The Labute approximate surface area is 470 Å². The number of nitrogens with one attached hydrogen (secondary N) is 5. The molecule has 16 N–H and O–H groups in total. The standard InChI is InChI=1S/C56H94N8O16/c1-5-32(2)27-33(3)15-11-8-6-7-9-12-16-45(73)59-39-30-44(72)51(58-24-13-10-14-26-65)62-54(78)48-42(70)22-25-63(48)56(80)47(41(69)21-23-57)61-52(76)38(50(75)49(74)35-17-19-36(67)20-18-35)29-43(71)40-28-37(68)31-64(40)55(79)46(34(4)66)60-53(39)77/h17-20,32-34,37-42,44,46-51,58,65-70,72,74-75H,5-16,21-31,57H2,1-4H3,(H,59,73)(H,60,77)(H,61,76)(H,62,78)/t32?,33?,34-,37-,38?,39+,40?,41-,42+,44-,46?,47?,48?,49+,50+,51?/m1/s1. The molecule has 80 heavy (non-hydrogen) atoms. The summed E-state index contributed by atoms with van der Waals surface area (Å²) in [6, 6.07) is -3.88. The molecule has 0 aromatic heterocycles. The number of nitrogens with zero attached hydrogens (tertiary/aromatic N) is 2. The van der Waals surface area contributed by atoms with Crippen molar-refractivity contribution in [1.29, 1.82) is 0 Å². The van der Waals surface area contributed by atoms with E-state index in [1.807, 2.05) is 0 Å². The smallest absolute Gasteiger partial charge is 0.248 e. The first-order chi connectivity index (χ1) is 38.0. The monoisotopic (exact) mass is 1130 g/mol. The number of ketones is 1. The van der Waals surface area contributed by atoms with E-state index in [-0.39, 0.29) is 56.8 Å². The van der Waals surface area contributed by atoms with Crippen LogP contribution in [0.4, 0.5) is 0 Å². The zero-order valence-electron chi connectivity index (χ0n) is 47.2. The summed E-state index contributed by atoms with van der Waals surface area (Å²) < 4.78 is 0. The summed E-state index contributed by atoms with van der Waals surface area (Å²) in [6.45, 7) is 6.91. The number of aromatic hydroxyl groups is 1. The van der Waals surface area contributed by atoms with E-state index in [9.17, 15) is 79.5 Å². The average molecular weight is 1140 g/mol. The number of Topliss-reactive ketones (excluding diaryl/α,β-unsaturated/α-hetero) is 1. The lowest BCUT2D eigenvalue weighted by Gasteiger charge is -2.34. The van der Waals surface area contributed by atoms with Gasteiger partial charge in [-0.1, -0.05) is 77.8 Å². The van der Waals surface area contributed by atoms with Crippen LogP contribution in [0.25, 0.3) is 0 Å². The van der Waals surface area contributed by atoms with Crippen LogP contribution >= 0.6 is 0 Å². The zero-order chi connectivity index (χ0) is 59.2. The molecule has 4 rings (SSSR count). The molecule has 1 aromatic rings. The Morgan fingerprint density at radius 3 is 2.04 bits per heavy atom. The van der Waals surface area contributed by atoms with Crippen LogP contribution in [0, 0.1) is 17.8 Å². The molecule has 8 unspecified atom stereocenters. The molecule has 3 aliphatic heterocycles. The maximum absolute atomic E-state index is 14.7. The fourth-order valence-corrected chi connectivity index (χ4v) is 11.0. The third kappa shape index (κ3) is 20.2.